The molecule has 2 heterocycles. The molecule has 0 bridgehead atoms. The molecule has 1 aromatic carbocycles. The van der Waals surface area contributed by atoms with E-state index in [1.165, 1.54) is 0 Å². The maximum absolute atomic E-state index is 12.0. The minimum absolute atomic E-state index is 0.0383. The summed E-state index contributed by atoms with van der Waals surface area (Å²) >= 11 is 0. The number of hydrogen-bond acceptors (Lipinski definition) is 5. The average molecular weight is 276 g/mol. The van der Waals surface area contributed by atoms with E-state index in [1.54, 1.807) is 19.2 Å². The molecule has 1 aliphatic rings. The third kappa shape index (κ3) is 2.22. The normalized spacial score (nSPS) is 16.7. The number of carbonyl (C=O) groups excluding carboxylic acids is 1. The third-order valence-electron chi connectivity index (χ3n) is 3.43. The number of amides is 1. The first kappa shape index (κ1) is 12.9. The number of nitrogens with one attached hydrogen (secondary N) is 1. The van der Waals surface area contributed by atoms with Crippen LogP contribution in [0.1, 0.15) is 12.8 Å². The Balaban J connectivity index is 1.70. The number of oxazole rings is 1. The maximum Gasteiger partial charge on any atom is 0.231 e. The molecule has 106 valence electrons. The van der Waals surface area contributed by atoms with Gasteiger partial charge in [-0.15, -0.1) is 0 Å². The molecule has 0 saturated carbocycles. The average Bonchev–Trinajstić information content (AvgIpc) is 2.83. The summed E-state index contributed by atoms with van der Waals surface area (Å²) in [6.45, 7) is 3.07. The monoisotopic (exact) mass is 276 g/mol. The van der Waals surface area contributed by atoms with E-state index in [0.29, 0.717) is 30.2 Å². The fourth-order valence-corrected chi connectivity index (χ4v) is 2.07. The molecular weight excluding hydrogens is 260 g/mol. The van der Waals surface area contributed by atoms with Gasteiger partial charge in [0, 0.05) is 6.07 Å². The molecule has 1 aromatic heterocycles. The van der Waals surface area contributed by atoms with Gasteiger partial charge in [0.2, 0.25) is 11.8 Å². The predicted molar refractivity (Wildman–Crippen MR) is 71.3 cm³/mol. The highest BCUT2D eigenvalue weighted by Crippen LogP contribution is 2.26. The lowest BCUT2D eigenvalue weighted by Gasteiger charge is -2.36. The summed E-state index contributed by atoms with van der Waals surface area (Å²) in [6, 6.07) is 5.40. The molecule has 1 fully saturated rings. The molecule has 1 aliphatic heterocycles. The van der Waals surface area contributed by atoms with Gasteiger partial charge in [-0.05, 0) is 19.1 Å². The Morgan fingerprint density at radius 2 is 2.30 bits per heavy atom. The Labute approximate surface area is 116 Å². The smallest absolute Gasteiger partial charge is 0.231 e. The zero-order chi connectivity index (χ0) is 14.2. The van der Waals surface area contributed by atoms with Gasteiger partial charge in [0.1, 0.15) is 11.3 Å². The van der Waals surface area contributed by atoms with Gasteiger partial charge >= 0.3 is 0 Å². The molecule has 0 spiro atoms. The first-order chi connectivity index (χ1) is 9.60. The standard InChI is InChI=1S/C14H16N2O4/c1-14(7-19-8-14)13(17)15-6-12-16-10-5-9(18-2)3-4-11(10)20-12/h3-5H,6-8H2,1-2H3,(H,15,17). The lowest BCUT2D eigenvalue weighted by molar-refractivity contribution is -0.157. The second-order valence-corrected chi connectivity index (χ2v) is 5.18. The van der Waals surface area contributed by atoms with E-state index in [4.69, 9.17) is 13.9 Å². The minimum atomic E-state index is -0.421. The largest absolute Gasteiger partial charge is 0.497 e. The fourth-order valence-electron chi connectivity index (χ4n) is 2.07. The maximum atomic E-state index is 12.0. The van der Waals surface area contributed by atoms with Crippen molar-refractivity contribution in [3.63, 3.8) is 0 Å². The predicted octanol–water partition coefficient (Wildman–Crippen LogP) is 1.49. The van der Waals surface area contributed by atoms with Gasteiger partial charge in [-0.25, -0.2) is 4.98 Å². The first-order valence-electron chi connectivity index (χ1n) is 6.40. The van der Waals surface area contributed by atoms with E-state index < -0.39 is 5.41 Å². The summed E-state index contributed by atoms with van der Waals surface area (Å²) in [6.07, 6.45) is 0. The number of rotatable bonds is 4. The van der Waals surface area contributed by atoms with Crippen LogP contribution in [0.3, 0.4) is 0 Å². The van der Waals surface area contributed by atoms with Crippen LogP contribution in [0.2, 0.25) is 0 Å². The quantitative estimate of drug-likeness (QED) is 0.915. The van der Waals surface area contributed by atoms with Gasteiger partial charge < -0.3 is 19.2 Å². The van der Waals surface area contributed by atoms with Gasteiger partial charge in [-0.1, -0.05) is 0 Å². The number of methoxy groups -OCH3 is 1. The van der Waals surface area contributed by atoms with Crippen LogP contribution in [-0.4, -0.2) is 31.2 Å². The zero-order valence-corrected chi connectivity index (χ0v) is 11.4. The Hall–Kier alpha value is -2.08. The van der Waals surface area contributed by atoms with Crippen LogP contribution in [0.4, 0.5) is 0 Å². The molecule has 0 unspecified atom stereocenters. The summed E-state index contributed by atoms with van der Waals surface area (Å²) in [5.41, 5.74) is 0.968. The summed E-state index contributed by atoms with van der Waals surface area (Å²) in [5, 5.41) is 2.82. The summed E-state index contributed by atoms with van der Waals surface area (Å²) in [4.78, 5) is 16.3. The van der Waals surface area contributed by atoms with Gasteiger partial charge in [-0.2, -0.15) is 0 Å². The van der Waals surface area contributed by atoms with E-state index in [0.717, 1.165) is 5.75 Å². The highest BCUT2D eigenvalue weighted by atomic mass is 16.5. The van der Waals surface area contributed by atoms with Crippen molar-refractivity contribution in [2.75, 3.05) is 20.3 Å². The van der Waals surface area contributed by atoms with Crippen molar-refractivity contribution in [3.05, 3.63) is 24.1 Å². The van der Waals surface area contributed by atoms with Crippen LogP contribution >= 0.6 is 0 Å². The second-order valence-electron chi connectivity index (χ2n) is 5.18. The summed E-state index contributed by atoms with van der Waals surface area (Å²) in [7, 11) is 1.60. The number of aromatic nitrogens is 1. The van der Waals surface area contributed by atoms with E-state index >= 15 is 0 Å². The highest BCUT2D eigenvalue weighted by molar-refractivity contribution is 5.83. The molecule has 3 rings (SSSR count). The zero-order valence-electron chi connectivity index (χ0n) is 11.4. The molecule has 6 heteroatoms. The number of hydrogen-bond donors (Lipinski definition) is 1. The molecule has 1 N–H and O–H groups in total. The molecule has 2 aromatic rings. The topological polar surface area (TPSA) is 73.6 Å². The van der Waals surface area contributed by atoms with Gasteiger partial charge in [0.15, 0.2) is 5.58 Å². The van der Waals surface area contributed by atoms with Crippen molar-refractivity contribution in [3.8, 4) is 5.75 Å². The van der Waals surface area contributed by atoms with Crippen LogP contribution in [0.15, 0.2) is 22.6 Å². The van der Waals surface area contributed by atoms with E-state index in [9.17, 15) is 4.79 Å². The van der Waals surface area contributed by atoms with Crippen LogP contribution in [-0.2, 0) is 16.1 Å². The van der Waals surface area contributed by atoms with Gasteiger partial charge in [-0.3, -0.25) is 4.79 Å². The summed E-state index contributed by atoms with van der Waals surface area (Å²) < 4.78 is 15.8. The van der Waals surface area contributed by atoms with Crippen molar-refractivity contribution in [2.24, 2.45) is 5.41 Å². The van der Waals surface area contributed by atoms with Crippen LogP contribution in [0.25, 0.3) is 11.1 Å². The van der Waals surface area contributed by atoms with E-state index in [1.807, 2.05) is 13.0 Å². The molecule has 6 nitrogen and oxygen atoms in total. The molecule has 1 saturated heterocycles. The van der Waals surface area contributed by atoms with Crippen LogP contribution in [0.5, 0.6) is 5.75 Å². The van der Waals surface area contributed by atoms with Crippen LogP contribution < -0.4 is 10.1 Å². The SMILES string of the molecule is COc1ccc2oc(CNC(=O)C3(C)COC3)nc2c1. The third-order valence-corrected chi connectivity index (χ3v) is 3.43. The van der Waals surface area contributed by atoms with Crippen LogP contribution in [0, 0.1) is 5.41 Å². The molecule has 1 amide bonds. The van der Waals surface area contributed by atoms with E-state index in [-0.39, 0.29) is 12.5 Å². The number of fused-ring (bicyclic) bond motifs is 1. The lowest BCUT2D eigenvalue weighted by atomic mass is 9.88. The Bertz CT molecular complexity index is 646. The van der Waals surface area contributed by atoms with Crippen molar-refractivity contribution >= 4 is 17.0 Å². The van der Waals surface area contributed by atoms with Crippen molar-refractivity contribution in [1.29, 1.82) is 0 Å². The molecule has 20 heavy (non-hydrogen) atoms. The van der Waals surface area contributed by atoms with Crippen molar-refractivity contribution in [1.82, 2.24) is 10.3 Å². The van der Waals surface area contributed by atoms with E-state index in [2.05, 4.69) is 10.3 Å². The van der Waals surface area contributed by atoms with Gasteiger partial charge in [0.05, 0.1) is 32.3 Å². The minimum Gasteiger partial charge on any atom is -0.497 e. The Morgan fingerprint density at radius 1 is 1.50 bits per heavy atom. The van der Waals surface area contributed by atoms with Crippen molar-refractivity contribution in [2.45, 2.75) is 13.5 Å². The molecule has 0 atom stereocenters. The summed E-state index contributed by atoms with van der Waals surface area (Å²) in [5.74, 6) is 1.16. The Kier molecular flexibility index (Phi) is 3.10. The molecular formula is C14H16N2O4. The fraction of sp³-hybridized carbons (Fsp3) is 0.429. The number of benzene rings is 1. The number of nitrogens with zero attached hydrogens (tertiary/aromatic N) is 1. The number of ether oxygens (including phenoxy) is 2. The second kappa shape index (κ2) is 4.79. The first-order valence-corrected chi connectivity index (χ1v) is 6.40. The lowest BCUT2D eigenvalue weighted by Crippen LogP contribution is -2.51. The van der Waals surface area contributed by atoms with Gasteiger partial charge in [0.25, 0.3) is 0 Å². The molecule has 0 radical (unpaired) electrons. The molecule has 0 aliphatic carbocycles. The number of carbonyl (C=O) groups is 1. The highest BCUT2D eigenvalue weighted by Gasteiger charge is 2.40. The van der Waals surface area contributed by atoms with Crippen molar-refractivity contribution < 1.29 is 18.7 Å². The Morgan fingerprint density at radius 3 is 2.95 bits per heavy atom.